The zero-order valence-electron chi connectivity index (χ0n) is 15.6. The summed E-state index contributed by atoms with van der Waals surface area (Å²) in [6.07, 6.45) is 3.16. The summed E-state index contributed by atoms with van der Waals surface area (Å²) in [5.41, 5.74) is 1.40. The van der Waals surface area contributed by atoms with Gasteiger partial charge >= 0.3 is 0 Å². The summed E-state index contributed by atoms with van der Waals surface area (Å²) in [5.74, 6) is -0.0939. The number of nitrogens with zero attached hydrogens (tertiary/aromatic N) is 4. The summed E-state index contributed by atoms with van der Waals surface area (Å²) < 4.78 is 21.4. The van der Waals surface area contributed by atoms with E-state index in [1.54, 1.807) is 16.8 Å². The molecule has 2 saturated heterocycles. The van der Waals surface area contributed by atoms with Crippen LogP contribution in [-0.2, 0) is 29.6 Å². The Labute approximate surface area is 158 Å². The number of carbonyl (C=O) groups excluding carboxylic acids is 1. The molecule has 1 aromatic carbocycles. The summed E-state index contributed by atoms with van der Waals surface area (Å²) in [6, 6.07) is 8.93. The van der Waals surface area contributed by atoms with E-state index in [0.29, 0.717) is 24.6 Å². The predicted molar refractivity (Wildman–Crippen MR) is 98.4 cm³/mol. The molecule has 0 saturated carbocycles. The molecule has 7 heteroatoms. The monoisotopic (exact) mass is 372 g/mol. The number of benzene rings is 1. The fourth-order valence-corrected chi connectivity index (χ4v) is 3.99. The van der Waals surface area contributed by atoms with E-state index in [1.807, 2.05) is 30.3 Å². The van der Waals surface area contributed by atoms with Crippen molar-refractivity contribution in [2.45, 2.75) is 31.6 Å². The van der Waals surface area contributed by atoms with Gasteiger partial charge in [0, 0.05) is 51.0 Å². The molecule has 0 aliphatic carbocycles. The van der Waals surface area contributed by atoms with Gasteiger partial charge in [-0.05, 0) is 18.6 Å². The van der Waals surface area contributed by atoms with Crippen LogP contribution < -0.4 is 0 Å². The maximum atomic E-state index is 13.7. The molecule has 2 fully saturated rings. The number of piperazine rings is 1. The average Bonchev–Trinajstić information content (AvgIpc) is 3.25. The molecule has 0 bridgehead atoms. The number of amides is 1. The van der Waals surface area contributed by atoms with Crippen molar-refractivity contribution in [2.24, 2.45) is 7.05 Å². The molecule has 2 aliphatic rings. The molecule has 0 N–H and O–H groups in total. The molecule has 2 atom stereocenters. The smallest absolute Gasteiger partial charge is 0.228 e. The van der Waals surface area contributed by atoms with Crippen LogP contribution in [0.4, 0.5) is 4.39 Å². The lowest BCUT2D eigenvalue weighted by Gasteiger charge is -2.37. The number of carbonyl (C=O) groups is 1. The van der Waals surface area contributed by atoms with Crippen LogP contribution >= 0.6 is 0 Å². The van der Waals surface area contributed by atoms with Crippen LogP contribution in [0.2, 0.25) is 0 Å². The number of ether oxygens (including phenoxy) is 1. The molecule has 1 aromatic heterocycles. The average molecular weight is 372 g/mol. The fourth-order valence-electron chi connectivity index (χ4n) is 3.99. The van der Waals surface area contributed by atoms with Crippen molar-refractivity contribution in [3.05, 3.63) is 53.6 Å². The Bertz CT molecular complexity index is 809. The maximum absolute atomic E-state index is 13.7. The van der Waals surface area contributed by atoms with Crippen molar-refractivity contribution in [1.29, 1.82) is 0 Å². The lowest BCUT2D eigenvalue weighted by atomic mass is 10.1. The van der Waals surface area contributed by atoms with Crippen LogP contribution in [0.25, 0.3) is 0 Å². The molecule has 6 nitrogen and oxygen atoms in total. The predicted octanol–water partition coefficient (Wildman–Crippen LogP) is 1.60. The molecule has 4 rings (SSSR count). The molecule has 2 aromatic rings. The zero-order chi connectivity index (χ0) is 18.8. The van der Waals surface area contributed by atoms with Gasteiger partial charge in [0.1, 0.15) is 5.82 Å². The zero-order valence-corrected chi connectivity index (χ0v) is 15.6. The highest BCUT2D eigenvalue weighted by Gasteiger charge is 2.37. The van der Waals surface area contributed by atoms with Crippen molar-refractivity contribution < 1.29 is 13.9 Å². The van der Waals surface area contributed by atoms with Crippen molar-refractivity contribution in [3.63, 3.8) is 0 Å². The highest BCUT2D eigenvalue weighted by molar-refractivity contribution is 5.78. The molecule has 144 valence electrons. The minimum Gasteiger partial charge on any atom is -0.372 e. The van der Waals surface area contributed by atoms with Gasteiger partial charge < -0.3 is 9.64 Å². The molecule has 0 radical (unpaired) electrons. The van der Waals surface area contributed by atoms with Crippen LogP contribution in [0, 0.1) is 5.82 Å². The van der Waals surface area contributed by atoms with Crippen LogP contribution in [-0.4, -0.2) is 63.8 Å². The SMILES string of the molecule is Cn1ccc(CC(=O)N2CCN3C[C@H](OCc4ccccc4F)C[C@@H]3C2)n1. The Hall–Kier alpha value is -2.25. The van der Waals surface area contributed by atoms with Crippen LogP contribution in [0.1, 0.15) is 17.7 Å². The summed E-state index contributed by atoms with van der Waals surface area (Å²) in [4.78, 5) is 16.9. The van der Waals surface area contributed by atoms with Gasteiger partial charge in [0.05, 0.1) is 24.8 Å². The molecule has 3 heterocycles. The first kappa shape index (κ1) is 18.1. The first-order valence-electron chi connectivity index (χ1n) is 9.44. The van der Waals surface area contributed by atoms with Gasteiger partial charge in [-0.25, -0.2) is 4.39 Å². The van der Waals surface area contributed by atoms with Crippen LogP contribution in [0.3, 0.4) is 0 Å². The second kappa shape index (κ2) is 7.78. The third-order valence-electron chi connectivity index (χ3n) is 5.46. The number of aryl methyl sites for hydroxylation is 1. The van der Waals surface area contributed by atoms with Crippen LogP contribution in [0.5, 0.6) is 0 Å². The van der Waals surface area contributed by atoms with E-state index in [2.05, 4.69) is 10.00 Å². The summed E-state index contributed by atoms with van der Waals surface area (Å²) in [7, 11) is 1.85. The van der Waals surface area contributed by atoms with E-state index >= 15 is 0 Å². The number of hydrogen-bond acceptors (Lipinski definition) is 4. The molecule has 1 amide bonds. The van der Waals surface area contributed by atoms with Crippen molar-refractivity contribution in [1.82, 2.24) is 19.6 Å². The normalized spacial score (nSPS) is 22.8. The number of hydrogen-bond donors (Lipinski definition) is 0. The largest absolute Gasteiger partial charge is 0.372 e. The molecular formula is C20H25FN4O2. The molecule has 0 spiro atoms. The van der Waals surface area contributed by atoms with Gasteiger partial charge in [-0.2, -0.15) is 5.10 Å². The lowest BCUT2D eigenvalue weighted by molar-refractivity contribution is -0.133. The summed E-state index contributed by atoms with van der Waals surface area (Å²) in [5, 5.41) is 4.29. The van der Waals surface area contributed by atoms with Crippen molar-refractivity contribution in [3.8, 4) is 0 Å². The standard InChI is InChI=1S/C20H25FN4O2/c1-23-7-6-16(22-23)10-20(26)25-9-8-24-13-18(11-17(24)12-25)27-14-15-4-2-3-5-19(15)21/h2-7,17-18H,8-14H2,1H3/t17-,18-/m1/s1. The highest BCUT2D eigenvalue weighted by atomic mass is 19.1. The number of aromatic nitrogens is 2. The van der Waals surface area contributed by atoms with Crippen LogP contribution in [0.15, 0.2) is 36.5 Å². The Balaban J connectivity index is 1.29. The van der Waals surface area contributed by atoms with E-state index in [1.165, 1.54) is 6.07 Å². The quantitative estimate of drug-likeness (QED) is 0.800. The Kier molecular flexibility index (Phi) is 5.22. The first-order chi connectivity index (χ1) is 13.1. The van der Waals surface area contributed by atoms with E-state index in [-0.39, 0.29) is 17.8 Å². The molecule has 2 aliphatic heterocycles. The first-order valence-corrected chi connectivity index (χ1v) is 9.44. The highest BCUT2D eigenvalue weighted by Crippen LogP contribution is 2.25. The lowest BCUT2D eigenvalue weighted by Crippen LogP contribution is -2.52. The van der Waals surface area contributed by atoms with Gasteiger partial charge in [-0.3, -0.25) is 14.4 Å². The van der Waals surface area contributed by atoms with E-state index in [0.717, 1.165) is 38.3 Å². The molecular weight excluding hydrogens is 347 g/mol. The minimum atomic E-state index is -0.223. The number of rotatable bonds is 5. The fraction of sp³-hybridized carbons (Fsp3) is 0.500. The number of halogens is 1. The Morgan fingerprint density at radius 2 is 2.11 bits per heavy atom. The maximum Gasteiger partial charge on any atom is 0.228 e. The van der Waals surface area contributed by atoms with Gasteiger partial charge in [0.15, 0.2) is 0 Å². The van der Waals surface area contributed by atoms with Crippen molar-refractivity contribution >= 4 is 5.91 Å². The summed E-state index contributed by atoms with van der Waals surface area (Å²) in [6.45, 7) is 3.47. The van der Waals surface area contributed by atoms with Gasteiger partial charge in [-0.15, -0.1) is 0 Å². The second-order valence-corrected chi connectivity index (χ2v) is 7.41. The van der Waals surface area contributed by atoms with E-state index in [4.69, 9.17) is 4.74 Å². The molecule has 0 unspecified atom stereocenters. The number of fused-ring (bicyclic) bond motifs is 1. The second-order valence-electron chi connectivity index (χ2n) is 7.41. The van der Waals surface area contributed by atoms with Gasteiger partial charge in [-0.1, -0.05) is 18.2 Å². The third-order valence-corrected chi connectivity index (χ3v) is 5.46. The Morgan fingerprint density at radius 3 is 2.89 bits per heavy atom. The topological polar surface area (TPSA) is 50.6 Å². The minimum absolute atomic E-state index is 0.0837. The third kappa shape index (κ3) is 4.20. The van der Waals surface area contributed by atoms with E-state index in [9.17, 15) is 9.18 Å². The van der Waals surface area contributed by atoms with Gasteiger partial charge in [0.2, 0.25) is 5.91 Å². The Morgan fingerprint density at radius 1 is 1.26 bits per heavy atom. The molecule has 27 heavy (non-hydrogen) atoms. The van der Waals surface area contributed by atoms with Gasteiger partial charge in [0.25, 0.3) is 0 Å². The van der Waals surface area contributed by atoms with Crippen molar-refractivity contribution in [2.75, 3.05) is 26.2 Å². The summed E-state index contributed by atoms with van der Waals surface area (Å²) >= 11 is 0. The van der Waals surface area contributed by atoms with E-state index < -0.39 is 0 Å².